The average molecular weight is 409 g/mol. The van der Waals surface area contributed by atoms with Crippen molar-refractivity contribution in [3.05, 3.63) is 65.7 Å². The summed E-state index contributed by atoms with van der Waals surface area (Å²) in [6.45, 7) is 10.3. The van der Waals surface area contributed by atoms with Crippen LogP contribution in [-0.4, -0.2) is 49.3 Å². The number of nitrogens with one attached hydrogen (secondary N) is 3. The minimum absolute atomic E-state index is 0.100. The Balaban J connectivity index is 1.57. The lowest BCUT2D eigenvalue weighted by molar-refractivity contribution is 0.249. The molecule has 1 atom stereocenters. The molecule has 0 aromatic heterocycles. The Morgan fingerprint density at radius 1 is 1.33 bits per heavy atom. The molecule has 0 spiro atoms. The number of anilines is 1. The molecule has 0 bridgehead atoms. The van der Waals surface area contributed by atoms with Crippen LogP contribution in [0.25, 0.3) is 0 Å². The van der Waals surface area contributed by atoms with E-state index < -0.39 is 0 Å². The number of hydrogen-bond donors (Lipinski definition) is 5. The van der Waals surface area contributed by atoms with Gasteiger partial charge in [-0.25, -0.2) is 0 Å². The number of nitrogens with two attached hydrogens (primary N) is 1. The van der Waals surface area contributed by atoms with Crippen LogP contribution in [0, 0.1) is 17.2 Å². The molecule has 1 aliphatic heterocycles. The van der Waals surface area contributed by atoms with Crippen molar-refractivity contribution >= 4 is 5.69 Å². The lowest BCUT2D eigenvalue weighted by atomic mass is 10.0. The van der Waals surface area contributed by atoms with Gasteiger partial charge in [0.1, 0.15) is 12.3 Å². The molecule has 1 aliphatic carbocycles. The SMILES string of the molecule is C=C(NC(c1ccc(NCCN2CCNCC2)cc1)C1CC1)/C(C#N)=C/C(N)=C/O. The fourth-order valence-corrected chi connectivity index (χ4v) is 3.66. The quantitative estimate of drug-likeness (QED) is 0.230. The average Bonchev–Trinajstić information content (AvgIpc) is 3.62. The molecule has 1 unspecified atom stereocenters. The van der Waals surface area contributed by atoms with Gasteiger partial charge in [-0.2, -0.15) is 5.26 Å². The Labute approximate surface area is 178 Å². The van der Waals surface area contributed by atoms with Gasteiger partial charge in [-0.1, -0.05) is 18.7 Å². The van der Waals surface area contributed by atoms with E-state index in [0.29, 0.717) is 17.2 Å². The van der Waals surface area contributed by atoms with E-state index in [4.69, 9.17) is 10.8 Å². The summed E-state index contributed by atoms with van der Waals surface area (Å²) in [7, 11) is 0. The summed E-state index contributed by atoms with van der Waals surface area (Å²) in [5.74, 6) is 0.527. The summed E-state index contributed by atoms with van der Waals surface area (Å²) in [6.07, 6.45) is 4.50. The number of nitrogens with zero attached hydrogens (tertiary/aromatic N) is 2. The van der Waals surface area contributed by atoms with Gasteiger partial charge < -0.3 is 26.8 Å². The van der Waals surface area contributed by atoms with Gasteiger partial charge in [0.25, 0.3) is 0 Å². The van der Waals surface area contributed by atoms with Crippen molar-refractivity contribution in [2.45, 2.75) is 18.9 Å². The van der Waals surface area contributed by atoms with E-state index in [1.807, 2.05) is 0 Å². The summed E-state index contributed by atoms with van der Waals surface area (Å²) in [6, 6.07) is 10.7. The van der Waals surface area contributed by atoms with E-state index >= 15 is 0 Å². The van der Waals surface area contributed by atoms with Crippen molar-refractivity contribution < 1.29 is 5.11 Å². The van der Waals surface area contributed by atoms with Crippen molar-refractivity contribution in [1.82, 2.24) is 15.5 Å². The molecule has 30 heavy (non-hydrogen) atoms. The zero-order valence-corrected chi connectivity index (χ0v) is 17.4. The van der Waals surface area contributed by atoms with Gasteiger partial charge in [-0.3, -0.25) is 4.90 Å². The molecular formula is C23H32N6O. The summed E-state index contributed by atoms with van der Waals surface area (Å²) >= 11 is 0. The van der Waals surface area contributed by atoms with Crippen molar-refractivity contribution in [3.63, 3.8) is 0 Å². The fourth-order valence-electron chi connectivity index (χ4n) is 3.66. The molecule has 160 valence electrons. The normalized spacial score (nSPS) is 19.0. The minimum Gasteiger partial charge on any atom is -0.513 e. The predicted molar refractivity (Wildman–Crippen MR) is 121 cm³/mol. The molecule has 2 aliphatic rings. The second-order valence-electron chi connectivity index (χ2n) is 7.88. The number of allylic oxidation sites excluding steroid dienone is 2. The van der Waals surface area contributed by atoms with Gasteiger partial charge in [-0.15, -0.1) is 0 Å². The molecule has 6 N–H and O–H groups in total. The van der Waals surface area contributed by atoms with Crippen LogP contribution in [0.2, 0.25) is 0 Å². The summed E-state index contributed by atoms with van der Waals surface area (Å²) in [5, 5.41) is 28.6. The third-order valence-corrected chi connectivity index (χ3v) is 5.57. The number of aliphatic hydroxyl groups is 1. The largest absolute Gasteiger partial charge is 0.513 e. The zero-order valence-electron chi connectivity index (χ0n) is 17.4. The van der Waals surface area contributed by atoms with E-state index in [2.05, 4.69) is 57.8 Å². The molecule has 0 amide bonds. The highest BCUT2D eigenvalue weighted by Crippen LogP contribution is 2.42. The van der Waals surface area contributed by atoms with Gasteiger partial charge in [0.15, 0.2) is 0 Å². The molecule has 7 nitrogen and oxygen atoms in total. The topological polar surface area (TPSA) is 109 Å². The van der Waals surface area contributed by atoms with Gasteiger partial charge in [-0.05, 0) is 42.5 Å². The van der Waals surface area contributed by atoms with Crippen LogP contribution in [0.15, 0.2) is 60.1 Å². The second kappa shape index (κ2) is 10.7. The van der Waals surface area contributed by atoms with Gasteiger partial charge >= 0.3 is 0 Å². The smallest absolute Gasteiger partial charge is 0.102 e. The first kappa shape index (κ1) is 21.8. The number of benzene rings is 1. The molecule has 1 aromatic rings. The van der Waals surface area contributed by atoms with Crippen LogP contribution in [0.4, 0.5) is 5.69 Å². The Bertz CT molecular complexity index is 813. The van der Waals surface area contributed by atoms with Crippen LogP contribution in [0.3, 0.4) is 0 Å². The van der Waals surface area contributed by atoms with Crippen molar-refractivity contribution in [1.29, 1.82) is 5.26 Å². The van der Waals surface area contributed by atoms with Crippen LogP contribution >= 0.6 is 0 Å². The first-order valence-electron chi connectivity index (χ1n) is 10.5. The summed E-state index contributed by atoms with van der Waals surface area (Å²) in [4.78, 5) is 2.47. The van der Waals surface area contributed by atoms with E-state index in [0.717, 1.165) is 64.1 Å². The van der Waals surface area contributed by atoms with Gasteiger partial charge in [0, 0.05) is 50.7 Å². The molecule has 1 heterocycles. The van der Waals surface area contributed by atoms with E-state index in [-0.39, 0.29) is 11.7 Å². The fraction of sp³-hybridized carbons (Fsp3) is 0.435. The third-order valence-electron chi connectivity index (χ3n) is 5.57. The van der Waals surface area contributed by atoms with Crippen LogP contribution in [0.1, 0.15) is 24.4 Å². The van der Waals surface area contributed by atoms with Crippen molar-refractivity contribution in [2.24, 2.45) is 11.7 Å². The monoisotopic (exact) mass is 408 g/mol. The Morgan fingerprint density at radius 3 is 2.63 bits per heavy atom. The number of rotatable bonds is 10. The van der Waals surface area contributed by atoms with Gasteiger partial charge in [0.05, 0.1) is 17.3 Å². The number of aliphatic hydroxyl groups excluding tert-OH is 1. The molecule has 2 fully saturated rings. The van der Waals surface area contributed by atoms with Gasteiger partial charge in [0.2, 0.25) is 0 Å². The minimum atomic E-state index is 0.100. The Hall–Kier alpha value is -2.95. The third kappa shape index (κ3) is 6.28. The first-order chi connectivity index (χ1) is 14.6. The van der Waals surface area contributed by atoms with Crippen molar-refractivity contribution in [3.8, 4) is 6.07 Å². The lowest BCUT2D eigenvalue weighted by Crippen LogP contribution is -2.45. The molecule has 3 rings (SSSR count). The summed E-state index contributed by atoms with van der Waals surface area (Å²) < 4.78 is 0. The molecular weight excluding hydrogens is 376 g/mol. The van der Waals surface area contributed by atoms with Crippen LogP contribution in [0.5, 0.6) is 0 Å². The van der Waals surface area contributed by atoms with Crippen LogP contribution in [-0.2, 0) is 0 Å². The molecule has 0 radical (unpaired) electrons. The maximum atomic E-state index is 9.39. The number of hydrogen-bond acceptors (Lipinski definition) is 7. The number of piperazine rings is 1. The maximum absolute atomic E-state index is 9.39. The summed E-state index contributed by atoms with van der Waals surface area (Å²) in [5.41, 5.74) is 8.84. The van der Waals surface area contributed by atoms with Crippen LogP contribution < -0.4 is 21.7 Å². The molecule has 7 heteroatoms. The molecule has 1 aromatic carbocycles. The standard InChI is InChI=1S/C23H32N6O/c1-17(20(15-24)14-21(25)16-30)28-23(18-2-3-18)19-4-6-22(7-5-19)27-10-13-29-11-8-26-9-12-29/h4-7,14,16,18,23,26-28,30H,1-3,8-13,25H2/b20-14+,21-16-. The maximum Gasteiger partial charge on any atom is 0.102 e. The van der Waals surface area contributed by atoms with E-state index in [9.17, 15) is 5.26 Å². The lowest BCUT2D eigenvalue weighted by Gasteiger charge is -2.27. The molecule has 1 saturated heterocycles. The first-order valence-corrected chi connectivity index (χ1v) is 10.5. The number of nitriles is 1. The molecule has 1 saturated carbocycles. The predicted octanol–water partition coefficient (Wildman–Crippen LogP) is 2.37. The van der Waals surface area contributed by atoms with E-state index in [1.165, 1.54) is 11.6 Å². The Morgan fingerprint density at radius 2 is 2.03 bits per heavy atom. The van der Waals surface area contributed by atoms with E-state index in [1.54, 1.807) is 0 Å². The highest BCUT2D eigenvalue weighted by Gasteiger charge is 2.32. The second-order valence-corrected chi connectivity index (χ2v) is 7.88. The van der Waals surface area contributed by atoms with Crippen molar-refractivity contribution in [2.75, 3.05) is 44.6 Å². The highest BCUT2D eigenvalue weighted by molar-refractivity contribution is 5.47. The highest BCUT2D eigenvalue weighted by atomic mass is 16.2. The zero-order chi connectivity index (χ0) is 21.3. The Kier molecular flexibility index (Phi) is 7.77.